The highest BCUT2D eigenvalue weighted by molar-refractivity contribution is 5.95. The van der Waals surface area contributed by atoms with E-state index in [1.807, 2.05) is 0 Å². The van der Waals surface area contributed by atoms with Gasteiger partial charge < -0.3 is 19.6 Å². The van der Waals surface area contributed by atoms with Crippen LogP contribution in [-0.2, 0) is 11.3 Å². The quantitative estimate of drug-likeness (QED) is 0.891. The lowest BCUT2D eigenvalue weighted by molar-refractivity contribution is -0.126. The zero-order valence-electron chi connectivity index (χ0n) is 12.1. The average Bonchev–Trinajstić information content (AvgIpc) is 3.25. The zero-order chi connectivity index (χ0) is 15.4. The van der Waals surface area contributed by atoms with Crippen LogP contribution in [0.5, 0.6) is 0 Å². The van der Waals surface area contributed by atoms with Gasteiger partial charge in [0.25, 0.3) is 5.91 Å². The van der Waals surface area contributed by atoms with Gasteiger partial charge in [-0.25, -0.2) is 4.98 Å². The number of H-pyrrole nitrogens is 1. The first-order chi connectivity index (χ1) is 10.8. The Morgan fingerprint density at radius 3 is 3.09 bits per heavy atom. The van der Waals surface area contributed by atoms with E-state index in [1.54, 1.807) is 29.6 Å². The van der Waals surface area contributed by atoms with Crippen molar-refractivity contribution in [2.45, 2.75) is 31.8 Å². The van der Waals surface area contributed by atoms with Crippen LogP contribution in [0.2, 0.25) is 0 Å². The minimum absolute atomic E-state index is 0.144. The van der Waals surface area contributed by atoms with Gasteiger partial charge in [0, 0.05) is 12.7 Å². The number of aromatic nitrogens is 2. The Balaban J connectivity index is 1.66. The lowest BCUT2D eigenvalue weighted by Gasteiger charge is -2.34. The topological polar surface area (TPSA) is 91.2 Å². The molecule has 2 aromatic heterocycles. The number of rotatable bonds is 4. The van der Waals surface area contributed by atoms with Gasteiger partial charge in [-0.1, -0.05) is 0 Å². The number of piperidine rings is 1. The molecule has 1 aliphatic heterocycles. The maximum absolute atomic E-state index is 12.4. The van der Waals surface area contributed by atoms with Crippen molar-refractivity contribution >= 4 is 11.8 Å². The number of furan rings is 1. The second kappa shape index (κ2) is 6.46. The van der Waals surface area contributed by atoms with Crippen molar-refractivity contribution in [3.63, 3.8) is 0 Å². The molecule has 2 aromatic rings. The van der Waals surface area contributed by atoms with Crippen LogP contribution in [0.15, 0.2) is 35.3 Å². The van der Waals surface area contributed by atoms with Crippen molar-refractivity contribution in [2.75, 3.05) is 6.54 Å². The van der Waals surface area contributed by atoms with Crippen LogP contribution in [0.4, 0.5) is 0 Å². The molecule has 1 fully saturated rings. The molecule has 3 heterocycles. The van der Waals surface area contributed by atoms with Crippen LogP contribution in [0.25, 0.3) is 0 Å². The van der Waals surface area contributed by atoms with Crippen molar-refractivity contribution in [2.24, 2.45) is 0 Å². The van der Waals surface area contributed by atoms with Gasteiger partial charge in [-0.05, 0) is 31.4 Å². The summed E-state index contributed by atoms with van der Waals surface area (Å²) in [5, 5.41) is 2.85. The molecule has 0 saturated carbocycles. The van der Waals surface area contributed by atoms with Crippen LogP contribution in [0, 0.1) is 0 Å². The zero-order valence-corrected chi connectivity index (χ0v) is 12.1. The van der Waals surface area contributed by atoms with Gasteiger partial charge in [0.2, 0.25) is 5.91 Å². The van der Waals surface area contributed by atoms with Crippen molar-refractivity contribution < 1.29 is 14.0 Å². The second-order valence-electron chi connectivity index (χ2n) is 5.28. The Hall–Kier alpha value is -2.57. The third kappa shape index (κ3) is 3.03. The van der Waals surface area contributed by atoms with E-state index in [1.165, 1.54) is 6.26 Å². The number of aromatic amines is 1. The summed E-state index contributed by atoms with van der Waals surface area (Å²) in [7, 11) is 0. The van der Waals surface area contributed by atoms with Gasteiger partial charge in [0.15, 0.2) is 5.76 Å². The van der Waals surface area contributed by atoms with Crippen LogP contribution >= 0.6 is 0 Å². The summed E-state index contributed by atoms with van der Waals surface area (Å²) in [6.07, 6.45) is 7.19. The minimum atomic E-state index is -0.450. The molecule has 1 saturated heterocycles. The minimum Gasteiger partial charge on any atom is -0.459 e. The number of nitrogens with one attached hydrogen (secondary N) is 2. The average molecular weight is 302 g/mol. The number of likely N-dealkylation sites (tertiary alicyclic amines) is 1. The Morgan fingerprint density at radius 2 is 2.36 bits per heavy atom. The highest BCUT2D eigenvalue weighted by Crippen LogP contribution is 2.20. The number of amides is 2. The van der Waals surface area contributed by atoms with E-state index >= 15 is 0 Å². The van der Waals surface area contributed by atoms with Gasteiger partial charge in [-0.3, -0.25) is 9.59 Å². The molecule has 1 aliphatic rings. The fraction of sp³-hybridized carbons (Fsp3) is 0.400. The first kappa shape index (κ1) is 14.4. The van der Waals surface area contributed by atoms with E-state index in [2.05, 4.69) is 15.3 Å². The summed E-state index contributed by atoms with van der Waals surface area (Å²) >= 11 is 0. The maximum Gasteiger partial charge on any atom is 0.290 e. The fourth-order valence-electron chi connectivity index (χ4n) is 2.67. The van der Waals surface area contributed by atoms with Gasteiger partial charge in [-0.15, -0.1) is 0 Å². The predicted molar refractivity (Wildman–Crippen MR) is 77.8 cm³/mol. The van der Waals surface area contributed by atoms with Gasteiger partial charge >= 0.3 is 0 Å². The molecular weight excluding hydrogens is 284 g/mol. The van der Waals surface area contributed by atoms with E-state index in [0.717, 1.165) is 18.5 Å². The number of hydrogen-bond acceptors (Lipinski definition) is 4. The Kier molecular flexibility index (Phi) is 4.22. The van der Waals surface area contributed by atoms with Crippen LogP contribution in [0.3, 0.4) is 0 Å². The number of nitrogens with zero attached hydrogens (tertiary/aromatic N) is 2. The third-order valence-corrected chi connectivity index (χ3v) is 3.81. The molecule has 0 aliphatic carbocycles. The van der Waals surface area contributed by atoms with Gasteiger partial charge in [0.05, 0.1) is 24.8 Å². The summed E-state index contributed by atoms with van der Waals surface area (Å²) in [5.41, 5.74) is 0.827. The highest BCUT2D eigenvalue weighted by Gasteiger charge is 2.33. The first-order valence-corrected chi connectivity index (χ1v) is 7.35. The molecule has 116 valence electrons. The molecule has 0 bridgehead atoms. The molecule has 3 rings (SSSR count). The maximum atomic E-state index is 12.4. The van der Waals surface area contributed by atoms with Crippen LogP contribution in [-0.4, -0.2) is 39.3 Å². The normalized spacial score (nSPS) is 18.2. The first-order valence-electron chi connectivity index (χ1n) is 7.35. The molecule has 7 heteroatoms. The summed E-state index contributed by atoms with van der Waals surface area (Å²) in [5.74, 6) is -0.103. The molecule has 22 heavy (non-hydrogen) atoms. The number of carbonyl (C=O) groups excluding carboxylic acids is 2. The summed E-state index contributed by atoms with van der Waals surface area (Å²) in [4.78, 5) is 33.3. The van der Waals surface area contributed by atoms with E-state index in [-0.39, 0.29) is 17.6 Å². The van der Waals surface area contributed by atoms with Crippen molar-refractivity contribution in [1.29, 1.82) is 0 Å². The number of carbonyl (C=O) groups is 2. The molecule has 1 atom stereocenters. The third-order valence-electron chi connectivity index (χ3n) is 3.81. The number of imidazole rings is 1. The largest absolute Gasteiger partial charge is 0.459 e. The van der Waals surface area contributed by atoms with E-state index < -0.39 is 6.04 Å². The lowest BCUT2D eigenvalue weighted by atomic mass is 10.0. The molecule has 0 spiro atoms. The Labute approximate surface area is 127 Å². The SMILES string of the molecule is O=C(NCc1cnc[nH]1)C1CCCCN1C(=O)c1ccco1. The second-order valence-corrected chi connectivity index (χ2v) is 5.28. The van der Waals surface area contributed by atoms with Crippen molar-refractivity contribution in [3.8, 4) is 0 Å². The highest BCUT2D eigenvalue weighted by atomic mass is 16.3. The van der Waals surface area contributed by atoms with E-state index in [4.69, 9.17) is 4.42 Å². The fourth-order valence-corrected chi connectivity index (χ4v) is 2.67. The van der Waals surface area contributed by atoms with Crippen molar-refractivity contribution in [1.82, 2.24) is 20.2 Å². The van der Waals surface area contributed by atoms with Crippen molar-refractivity contribution in [3.05, 3.63) is 42.4 Å². The standard InChI is InChI=1S/C15H18N4O3/c20-14(17-9-11-8-16-10-18-11)12-4-1-2-6-19(12)15(21)13-5-3-7-22-13/h3,5,7-8,10,12H,1-2,4,6,9H2,(H,16,18)(H,17,20). The number of hydrogen-bond donors (Lipinski definition) is 2. The van der Waals surface area contributed by atoms with Gasteiger partial charge in [-0.2, -0.15) is 0 Å². The van der Waals surface area contributed by atoms with Gasteiger partial charge in [0.1, 0.15) is 6.04 Å². The molecule has 0 aromatic carbocycles. The monoisotopic (exact) mass is 302 g/mol. The van der Waals surface area contributed by atoms with Crippen LogP contribution < -0.4 is 5.32 Å². The van der Waals surface area contributed by atoms with E-state index in [0.29, 0.717) is 19.5 Å². The molecule has 1 unspecified atom stereocenters. The van der Waals surface area contributed by atoms with E-state index in [9.17, 15) is 9.59 Å². The summed E-state index contributed by atoms with van der Waals surface area (Å²) in [6.45, 7) is 0.944. The lowest BCUT2D eigenvalue weighted by Crippen LogP contribution is -2.51. The Morgan fingerprint density at radius 1 is 1.45 bits per heavy atom. The summed E-state index contributed by atoms with van der Waals surface area (Å²) in [6, 6.07) is 2.84. The predicted octanol–water partition coefficient (Wildman–Crippen LogP) is 1.31. The smallest absolute Gasteiger partial charge is 0.290 e. The van der Waals surface area contributed by atoms with Crippen LogP contribution in [0.1, 0.15) is 35.5 Å². The molecule has 2 amide bonds. The molecule has 2 N–H and O–H groups in total. The molecule has 7 nitrogen and oxygen atoms in total. The summed E-state index contributed by atoms with van der Waals surface area (Å²) < 4.78 is 5.16. The Bertz CT molecular complexity index is 621. The molecular formula is C15H18N4O3. The molecule has 0 radical (unpaired) electrons.